The number of halogens is 1. The van der Waals surface area contributed by atoms with Gasteiger partial charge in [-0.3, -0.25) is 4.79 Å². The topological polar surface area (TPSA) is 55.4 Å². The summed E-state index contributed by atoms with van der Waals surface area (Å²) in [4.78, 5) is 26.1. The van der Waals surface area contributed by atoms with Crippen LogP contribution in [0.25, 0.3) is 17.2 Å². The standard InChI is InChI=1S/C25H22ClNO3S/c1-25(2,3)30-24(29)21-20(15-8-10-19(26)11-9-15)14-31-23(21)27-22(28)18-12-16-6-4-5-7-17(16)13-18/h4-12,14H,13H2,1-3H3,(H,27,28). The molecule has 4 nitrogen and oxygen atoms in total. The summed E-state index contributed by atoms with van der Waals surface area (Å²) in [6, 6.07) is 15.2. The maximum Gasteiger partial charge on any atom is 0.342 e. The Morgan fingerprint density at radius 1 is 1.06 bits per heavy atom. The Bertz CT molecular complexity index is 1190. The Kier molecular flexibility index (Phi) is 5.73. The van der Waals surface area contributed by atoms with Gasteiger partial charge in [0.15, 0.2) is 0 Å². The van der Waals surface area contributed by atoms with Gasteiger partial charge in [0.1, 0.15) is 16.2 Å². The van der Waals surface area contributed by atoms with Crippen molar-refractivity contribution in [3.05, 3.63) is 81.2 Å². The zero-order valence-corrected chi connectivity index (χ0v) is 19.1. The number of rotatable bonds is 4. The first-order chi connectivity index (χ1) is 14.7. The summed E-state index contributed by atoms with van der Waals surface area (Å²) in [6.45, 7) is 5.45. The highest BCUT2D eigenvalue weighted by Crippen LogP contribution is 2.38. The Morgan fingerprint density at radius 3 is 2.45 bits per heavy atom. The molecule has 0 atom stereocenters. The average Bonchev–Trinajstić information content (AvgIpc) is 3.31. The van der Waals surface area contributed by atoms with Crippen LogP contribution in [0, 0.1) is 0 Å². The molecule has 0 aliphatic heterocycles. The summed E-state index contributed by atoms with van der Waals surface area (Å²) in [6.07, 6.45) is 2.46. The van der Waals surface area contributed by atoms with Gasteiger partial charge in [-0.2, -0.15) is 0 Å². The zero-order chi connectivity index (χ0) is 22.2. The number of esters is 1. The van der Waals surface area contributed by atoms with Gasteiger partial charge in [-0.1, -0.05) is 48.0 Å². The minimum absolute atomic E-state index is 0.217. The van der Waals surface area contributed by atoms with Crippen LogP contribution in [0.4, 0.5) is 5.00 Å². The first-order valence-corrected chi connectivity index (χ1v) is 11.2. The van der Waals surface area contributed by atoms with Gasteiger partial charge in [0.05, 0.1) is 0 Å². The van der Waals surface area contributed by atoms with E-state index in [1.54, 1.807) is 12.1 Å². The van der Waals surface area contributed by atoms with Crippen molar-refractivity contribution in [3.8, 4) is 11.1 Å². The van der Waals surface area contributed by atoms with E-state index in [4.69, 9.17) is 16.3 Å². The highest BCUT2D eigenvalue weighted by molar-refractivity contribution is 7.15. The number of nitrogens with one attached hydrogen (secondary N) is 1. The van der Waals surface area contributed by atoms with Gasteiger partial charge in [0, 0.05) is 28.0 Å². The van der Waals surface area contributed by atoms with Crippen LogP contribution < -0.4 is 5.32 Å². The second-order valence-corrected chi connectivity index (χ2v) is 9.68. The summed E-state index contributed by atoms with van der Waals surface area (Å²) in [7, 11) is 0. The maximum atomic E-state index is 13.1. The van der Waals surface area contributed by atoms with E-state index in [9.17, 15) is 9.59 Å². The molecule has 1 aliphatic rings. The normalized spacial score (nSPS) is 12.8. The van der Waals surface area contributed by atoms with Crippen LogP contribution in [0.1, 0.15) is 42.3 Å². The minimum Gasteiger partial charge on any atom is -0.456 e. The Labute approximate surface area is 190 Å². The largest absolute Gasteiger partial charge is 0.456 e. The molecule has 158 valence electrons. The van der Waals surface area contributed by atoms with E-state index < -0.39 is 11.6 Å². The summed E-state index contributed by atoms with van der Waals surface area (Å²) in [5.74, 6) is -0.691. The number of carbonyl (C=O) groups is 2. The van der Waals surface area contributed by atoms with E-state index in [0.717, 1.165) is 16.7 Å². The minimum atomic E-state index is -0.660. The van der Waals surface area contributed by atoms with Gasteiger partial charge in [-0.25, -0.2) is 4.79 Å². The lowest BCUT2D eigenvalue weighted by atomic mass is 10.0. The van der Waals surface area contributed by atoms with Gasteiger partial charge in [-0.05, 0) is 55.7 Å². The third-order valence-corrected chi connectivity index (χ3v) is 5.98. The lowest BCUT2D eigenvalue weighted by molar-refractivity contribution is -0.112. The van der Waals surface area contributed by atoms with Crippen molar-refractivity contribution in [3.63, 3.8) is 0 Å². The molecule has 2 aromatic carbocycles. The van der Waals surface area contributed by atoms with Crippen LogP contribution in [0.15, 0.2) is 59.5 Å². The van der Waals surface area contributed by atoms with E-state index >= 15 is 0 Å². The van der Waals surface area contributed by atoms with Gasteiger partial charge >= 0.3 is 5.97 Å². The van der Waals surface area contributed by atoms with E-state index in [1.165, 1.54) is 11.3 Å². The second-order valence-electron chi connectivity index (χ2n) is 8.36. The molecule has 1 heterocycles. The lowest BCUT2D eigenvalue weighted by Gasteiger charge is -2.20. The molecule has 4 rings (SSSR count). The van der Waals surface area contributed by atoms with Crippen LogP contribution in [0.3, 0.4) is 0 Å². The quantitative estimate of drug-likeness (QED) is 0.454. The Hall–Kier alpha value is -2.89. The Morgan fingerprint density at radius 2 is 1.77 bits per heavy atom. The van der Waals surface area contributed by atoms with Gasteiger partial charge < -0.3 is 10.1 Å². The first kappa shape index (κ1) is 21.3. The molecule has 0 fully saturated rings. The third kappa shape index (κ3) is 4.73. The first-order valence-electron chi connectivity index (χ1n) is 9.92. The number of fused-ring (bicyclic) bond motifs is 1. The SMILES string of the molecule is CC(C)(C)OC(=O)c1c(-c2ccc(Cl)cc2)csc1NC(=O)C1=Cc2ccccc2C1. The van der Waals surface area contributed by atoms with E-state index in [2.05, 4.69) is 5.32 Å². The van der Waals surface area contributed by atoms with E-state index in [1.807, 2.05) is 68.6 Å². The molecule has 0 saturated heterocycles. The zero-order valence-electron chi connectivity index (χ0n) is 17.5. The summed E-state index contributed by atoms with van der Waals surface area (Å²) in [5, 5.41) is 5.88. The predicted molar refractivity (Wildman–Crippen MR) is 127 cm³/mol. The fraction of sp³-hybridized carbons (Fsp3) is 0.200. The number of carbonyl (C=O) groups excluding carboxylic acids is 2. The number of hydrogen-bond donors (Lipinski definition) is 1. The van der Waals surface area contributed by atoms with Crippen LogP contribution in [0.2, 0.25) is 5.02 Å². The smallest absolute Gasteiger partial charge is 0.342 e. The van der Waals surface area contributed by atoms with Crippen molar-refractivity contribution in [1.29, 1.82) is 0 Å². The third-order valence-electron chi connectivity index (χ3n) is 4.83. The number of benzene rings is 2. The lowest BCUT2D eigenvalue weighted by Crippen LogP contribution is -2.25. The van der Waals surface area contributed by atoms with Crippen LogP contribution in [0.5, 0.6) is 0 Å². The molecule has 0 spiro atoms. The fourth-order valence-electron chi connectivity index (χ4n) is 3.43. The number of ether oxygens (including phenoxy) is 1. The van der Waals surface area contributed by atoms with Gasteiger partial charge in [-0.15, -0.1) is 11.3 Å². The van der Waals surface area contributed by atoms with Crippen molar-refractivity contribution in [2.45, 2.75) is 32.8 Å². The van der Waals surface area contributed by atoms with Gasteiger partial charge in [0.25, 0.3) is 5.91 Å². The van der Waals surface area contributed by atoms with Crippen molar-refractivity contribution in [1.82, 2.24) is 0 Å². The second kappa shape index (κ2) is 8.33. The van der Waals surface area contributed by atoms with E-state index in [0.29, 0.717) is 33.1 Å². The highest BCUT2D eigenvalue weighted by atomic mass is 35.5. The fourth-order valence-corrected chi connectivity index (χ4v) is 4.51. The molecule has 1 aromatic heterocycles. The molecule has 0 radical (unpaired) electrons. The monoisotopic (exact) mass is 451 g/mol. The number of thiophene rings is 1. The van der Waals surface area contributed by atoms with Crippen molar-refractivity contribution < 1.29 is 14.3 Å². The van der Waals surface area contributed by atoms with Crippen LogP contribution in [-0.4, -0.2) is 17.5 Å². The van der Waals surface area contributed by atoms with Crippen LogP contribution >= 0.6 is 22.9 Å². The van der Waals surface area contributed by atoms with E-state index in [-0.39, 0.29) is 5.91 Å². The Balaban J connectivity index is 1.66. The summed E-state index contributed by atoms with van der Waals surface area (Å²) >= 11 is 7.33. The van der Waals surface area contributed by atoms with Gasteiger partial charge in [0.2, 0.25) is 0 Å². The number of anilines is 1. The van der Waals surface area contributed by atoms with Crippen molar-refractivity contribution in [2.75, 3.05) is 5.32 Å². The predicted octanol–water partition coefficient (Wildman–Crippen LogP) is 6.60. The number of amides is 1. The average molecular weight is 452 g/mol. The molecule has 1 N–H and O–H groups in total. The molecule has 1 amide bonds. The highest BCUT2D eigenvalue weighted by Gasteiger charge is 2.28. The van der Waals surface area contributed by atoms with Crippen LogP contribution in [-0.2, 0) is 16.0 Å². The maximum absolute atomic E-state index is 13.1. The summed E-state index contributed by atoms with van der Waals surface area (Å²) in [5.41, 5.74) is 4.06. The molecule has 1 aliphatic carbocycles. The molecular formula is C25H22ClNO3S. The molecule has 3 aromatic rings. The molecule has 31 heavy (non-hydrogen) atoms. The van der Waals surface area contributed by atoms with Crippen molar-refractivity contribution >= 4 is 45.9 Å². The van der Waals surface area contributed by atoms with Crippen molar-refractivity contribution in [2.24, 2.45) is 0 Å². The molecule has 0 bridgehead atoms. The summed E-state index contributed by atoms with van der Waals surface area (Å²) < 4.78 is 5.64. The molecular weight excluding hydrogens is 430 g/mol. The number of hydrogen-bond acceptors (Lipinski definition) is 4. The molecule has 0 unspecified atom stereocenters. The molecule has 0 saturated carbocycles. The molecule has 6 heteroatoms.